The number of hydrogen-bond donors (Lipinski definition) is 2. The fourth-order valence-corrected chi connectivity index (χ4v) is 1.75. The number of ether oxygens (including phenoxy) is 1. The predicted octanol–water partition coefficient (Wildman–Crippen LogP) is 0.781. The number of benzene rings is 1. The minimum atomic E-state index is -0.379. The lowest BCUT2D eigenvalue weighted by Gasteiger charge is -2.10. The lowest BCUT2D eigenvalue weighted by Crippen LogP contribution is -2.29. The Bertz CT molecular complexity index is 724. The van der Waals surface area contributed by atoms with Gasteiger partial charge in [0.05, 0.1) is 7.11 Å². The minimum Gasteiger partial charge on any atom is -0.480 e. The highest BCUT2D eigenvalue weighted by Gasteiger charge is 2.09. The van der Waals surface area contributed by atoms with E-state index >= 15 is 0 Å². The van der Waals surface area contributed by atoms with Crippen molar-refractivity contribution in [1.29, 1.82) is 0 Å². The summed E-state index contributed by atoms with van der Waals surface area (Å²) in [5, 5.41) is 6.61. The molecule has 1 heterocycles. The number of carbonyl (C=O) groups excluding carboxylic acids is 1. The number of aromatic nitrogens is 2. The van der Waals surface area contributed by atoms with Gasteiger partial charge in [-0.2, -0.15) is 0 Å². The van der Waals surface area contributed by atoms with Crippen LogP contribution in [0.25, 0.3) is 0 Å². The van der Waals surface area contributed by atoms with Crippen LogP contribution in [0.15, 0.2) is 35.1 Å². The predicted molar refractivity (Wildman–Crippen MR) is 79.3 cm³/mol. The number of methoxy groups -OCH3 is 1. The molecule has 0 aliphatic carbocycles. The van der Waals surface area contributed by atoms with E-state index in [1.165, 1.54) is 19.2 Å². The molecule has 0 unspecified atom stereocenters. The van der Waals surface area contributed by atoms with Crippen LogP contribution in [0.1, 0.15) is 5.56 Å². The van der Waals surface area contributed by atoms with Gasteiger partial charge in [-0.3, -0.25) is 9.59 Å². The van der Waals surface area contributed by atoms with E-state index in [0.29, 0.717) is 11.4 Å². The molecule has 3 N–H and O–H groups in total. The van der Waals surface area contributed by atoms with Gasteiger partial charge in [0.15, 0.2) is 0 Å². The first-order valence-corrected chi connectivity index (χ1v) is 6.28. The lowest BCUT2D eigenvalue weighted by molar-refractivity contribution is -0.117. The second-order valence-corrected chi connectivity index (χ2v) is 4.49. The standard InChI is InChI=1S/C14H16N4O3/c1-9-3-4-10(15)7-11(9)16-12(19)8-18-14(20)6-5-13(17-18)21-2/h3-7H,8,15H2,1-2H3,(H,16,19). The number of hydrogen-bond acceptors (Lipinski definition) is 5. The third-order valence-electron chi connectivity index (χ3n) is 2.88. The summed E-state index contributed by atoms with van der Waals surface area (Å²) in [5.74, 6) is -0.103. The molecule has 2 rings (SSSR count). The Morgan fingerprint density at radius 2 is 2.14 bits per heavy atom. The van der Waals surface area contributed by atoms with Gasteiger partial charge in [-0.25, -0.2) is 4.68 Å². The van der Waals surface area contributed by atoms with Crippen LogP contribution in [-0.4, -0.2) is 22.8 Å². The lowest BCUT2D eigenvalue weighted by atomic mass is 10.2. The van der Waals surface area contributed by atoms with Gasteiger partial charge in [-0.1, -0.05) is 6.07 Å². The molecule has 1 aromatic heterocycles. The summed E-state index contributed by atoms with van der Waals surface area (Å²) in [7, 11) is 1.44. The van der Waals surface area contributed by atoms with E-state index in [-0.39, 0.29) is 23.9 Å². The van der Waals surface area contributed by atoms with Crippen LogP contribution in [0.4, 0.5) is 11.4 Å². The first-order chi connectivity index (χ1) is 9.99. The summed E-state index contributed by atoms with van der Waals surface area (Å²) in [5.41, 5.74) is 7.34. The Hall–Kier alpha value is -2.83. The summed E-state index contributed by atoms with van der Waals surface area (Å²) < 4.78 is 5.96. The SMILES string of the molecule is COc1ccc(=O)n(CC(=O)Nc2cc(N)ccc2C)n1. The number of rotatable bonds is 4. The Kier molecular flexibility index (Phi) is 4.22. The highest BCUT2D eigenvalue weighted by atomic mass is 16.5. The molecule has 7 heteroatoms. The summed E-state index contributed by atoms with van der Waals surface area (Å²) >= 11 is 0. The monoisotopic (exact) mass is 288 g/mol. The highest BCUT2D eigenvalue weighted by Crippen LogP contribution is 2.17. The van der Waals surface area contributed by atoms with Crippen LogP contribution in [0.5, 0.6) is 5.88 Å². The zero-order chi connectivity index (χ0) is 15.4. The maximum absolute atomic E-state index is 12.0. The molecular weight excluding hydrogens is 272 g/mol. The molecule has 0 atom stereocenters. The molecule has 0 saturated heterocycles. The fraction of sp³-hybridized carbons (Fsp3) is 0.214. The summed E-state index contributed by atoms with van der Waals surface area (Å²) in [6.07, 6.45) is 0. The molecule has 0 radical (unpaired) electrons. The van der Waals surface area contributed by atoms with E-state index in [1.807, 2.05) is 6.92 Å². The summed E-state index contributed by atoms with van der Waals surface area (Å²) in [6, 6.07) is 7.96. The van der Waals surface area contributed by atoms with Crippen molar-refractivity contribution in [3.05, 3.63) is 46.2 Å². The molecule has 1 aromatic carbocycles. The number of carbonyl (C=O) groups is 1. The van der Waals surface area contributed by atoms with Crippen LogP contribution < -0.4 is 21.3 Å². The first kappa shape index (κ1) is 14.6. The minimum absolute atomic E-state index is 0.204. The van der Waals surface area contributed by atoms with Gasteiger partial charge in [-0.05, 0) is 24.6 Å². The highest BCUT2D eigenvalue weighted by molar-refractivity contribution is 5.91. The molecule has 7 nitrogen and oxygen atoms in total. The molecule has 0 fully saturated rings. The second kappa shape index (κ2) is 6.08. The van der Waals surface area contributed by atoms with Crippen LogP contribution in [0, 0.1) is 6.92 Å². The van der Waals surface area contributed by atoms with E-state index < -0.39 is 0 Å². The second-order valence-electron chi connectivity index (χ2n) is 4.49. The van der Waals surface area contributed by atoms with Crippen molar-refractivity contribution in [3.63, 3.8) is 0 Å². The Morgan fingerprint density at radius 3 is 2.86 bits per heavy atom. The van der Waals surface area contributed by atoms with Crippen molar-refractivity contribution >= 4 is 17.3 Å². The van der Waals surface area contributed by atoms with E-state index in [0.717, 1.165) is 10.2 Å². The molecule has 1 amide bonds. The molecule has 110 valence electrons. The Labute approximate surface area is 121 Å². The van der Waals surface area contributed by atoms with Crippen LogP contribution >= 0.6 is 0 Å². The van der Waals surface area contributed by atoms with Crippen LogP contribution in [-0.2, 0) is 11.3 Å². The van der Waals surface area contributed by atoms with Gasteiger partial charge in [0, 0.05) is 23.5 Å². The molecule has 0 saturated carbocycles. The van der Waals surface area contributed by atoms with Crippen molar-refractivity contribution in [2.75, 3.05) is 18.2 Å². The Morgan fingerprint density at radius 1 is 1.38 bits per heavy atom. The molecule has 0 aliphatic rings. The number of nitrogen functional groups attached to an aromatic ring is 1. The normalized spacial score (nSPS) is 10.2. The van der Waals surface area contributed by atoms with Crippen molar-refractivity contribution in [3.8, 4) is 5.88 Å². The van der Waals surface area contributed by atoms with E-state index in [4.69, 9.17) is 10.5 Å². The smallest absolute Gasteiger partial charge is 0.267 e. The van der Waals surface area contributed by atoms with Gasteiger partial charge in [-0.15, -0.1) is 5.10 Å². The molecule has 2 aromatic rings. The van der Waals surface area contributed by atoms with Gasteiger partial charge < -0.3 is 15.8 Å². The van der Waals surface area contributed by atoms with Gasteiger partial charge in [0.1, 0.15) is 6.54 Å². The maximum Gasteiger partial charge on any atom is 0.267 e. The fourth-order valence-electron chi connectivity index (χ4n) is 1.75. The number of nitrogens with one attached hydrogen (secondary N) is 1. The number of nitrogens with zero attached hydrogens (tertiary/aromatic N) is 2. The van der Waals surface area contributed by atoms with Crippen molar-refractivity contribution < 1.29 is 9.53 Å². The topological polar surface area (TPSA) is 99.2 Å². The van der Waals surface area contributed by atoms with Gasteiger partial charge in [0.2, 0.25) is 11.8 Å². The van der Waals surface area contributed by atoms with Crippen molar-refractivity contribution in [2.45, 2.75) is 13.5 Å². The number of anilines is 2. The third-order valence-corrected chi connectivity index (χ3v) is 2.88. The van der Waals surface area contributed by atoms with Crippen LogP contribution in [0.2, 0.25) is 0 Å². The molecule has 0 bridgehead atoms. The zero-order valence-corrected chi connectivity index (χ0v) is 11.8. The number of aryl methyl sites for hydroxylation is 1. The molecule has 21 heavy (non-hydrogen) atoms. The number of nitrogens with two attached hydrogens (primary N) is 1. The van der Waals surface area contributed by atoms with Crippen molar-refractivity contribution in [1.82, 2.24) is 9.78 Å². The van der Waals surface area contributed by atoms with E-state index in [1.54, 1.807) is 18.2 Å². The zero-order valence-electron chi connectivity index (χ0n) is 11.8. The molecular formula is C14H16N4O3. The Balaban J connectivity index is 2.15. The quantitative estimate of drug-likeness (QED) is 0.810. The van der Waals surface area contributed by atoms with Gasteiger partial charge >= 0.3 is 0 Å². The van der Waals surface area contributed by atoms with Crippen LogP contribution in [0.3, 0.4) is 0 Å². The van der Waals surface area contributed by atoms with Gasteiger partial charge in [0.25, 0.3) is 5.56 Å². The maximum atomic E-state index is 12.0. The third kappa shape index (κ3) is 3.59. The molecule has 0 aliphatic heterocycles. The average Bonchev–Trinajstić information content (AvgIpc) is 2.45. The van der Waals surface area contributed by atoms with E-state index in [9.17, 15) is 9.59 Å². The number of amides is 1. The largest absolute Gasteiger partial charge is 0.480 e. The first-order valence-electron chi connectivity index (χ1n) is 6.28. The van der Waals surface area contributed by atoms with Crippen molar-refractivity contribution in [2.24, 2.45) is 0 Å². The van der Waals surface area contributed by atoms with E-state index in [2.05, 4.69) is 10.4 Å². The summed E-state index contributed by atoms with van der Waals surface area (Å²) in [6.45, 7) is 1.65. The molecule has 0 spiro atoms. The summed E-state index contributed by atoms with van der Waals surface area (Å²) in [4.78, 5) is 23.6. The average molecular weight is 288 g/mol.